The van der Waals surface area contributed by atoms with E-state index in [1.165, 1.54) is 18.2 Å². The summed E-state index contributed by atoms with van der Waals surface area (Å²) < 4.78 is 48.8. The van der Waals surface area contributed by atoms with Crippen LogP contribution >= 0.6 is 11.6 Å². The summed E-state index contributed by atoms with van der Waals surface area (Å²) in [4.78, 5) is 12.2. The van der Waals surface area contributed by atoms with Gasteiger partial charge in [-0.1, -0.05) is 11.6 Å². The van der Waals surface area contributed by atoms with Crippen molar-refractivity contribution in [3.05, 3.63) is 40.1 Å². The van der Waals surface area contributed by atoms with Crippen LogP contribution in [0.1, 0.15) is 25.8 Å². The third-order valence-corrected chi connectivity index (χ3v) is 4.76. The molecule has 4 nitrogen and oxygen atoms in total. The molecule has 0 spiro atoms. The molecule has 0 saturated heterocycles. The van der Waals surface area contributed by atoms with Crippen molar-refractivity contribution in [3.8, 4) is 0 Å². The Hall–Kier alpha value is -1.73. The number of nitrogens with one attached hydrogen (secondary N) is 2. The first-order chi connectivity index (χ1) is 11.7. The Bertz CT molecular complexity index is 746. The van der Waals surface area contributed by atoms with E-state index < -0.39 is 30.2 Å². The largest absolute Gasteiger partial charge is 0.404 e. The zero-order valence-electron chi connectivity index (χ0n) is 13.8. The number of hydrogen-bond acceptors (Lipinski definition) is 3. The molecule has 8 heteroatoms. The molecule has 2 aliphatic rings. The second-order valence-corrected chi connectivity index (χ2v) is 6.87. The molecule has 1 aromatic carbocycles. The van der Waals surface area contributed by atoms with Gasteiger partial charge in [0.1, 0.15) is 11.1 Å². The lowest BCUT2D eigenvalue weighted by molar-refractivity contribution is -0.197. The van der Waals surface area contributed by atoms with E-state index in [1.54, 1.807) is 13.8 Å². The van der Waals surface area contributed by atoms with Crippen LogP contribution in [0.4, 0.5) is 18.9 Å². The summed E-state index contributed by atoms with van der Waals surface area (Å²) in [6.07, 6.45) is -4.96. The van der Waals surface area contributed by atoms with Gasteiger partial charge in [-0.15, -0.1) is 0 Å². The molecule has 1 unspecified atom stereocenters. The summed E-state index contributed by atoms with van der Waals surface area (Å²) >= 11 is 5.99. The molecule has 2 heterocycles. The Morgan fingerprint density at radius 3 is 2.72 bits per heavy atom. The summed E-state index contributed by atoms with van der Waals surface area (Å²) in [5.74, 6) is -0.542. The van der Waals surface area contributed by atoms with Gasteiger partial charge in [0, 0.05) is 17.3 Å². The molecule has 136 valence electrons. The summed E-state index contributed by atoms with van der Waals surface area (Å²) in [7, 11) is 0. The fourth-order valence-corrected chi connectivity index (χ4v) is 3.52. The first-order valence-corrected chi connectivity index (χ1v) is 8.32. The summed E-state index contributed by atoms with van der Waals surface area (Å²) in [5, 5.41) is 5.62. The molecule has 25 heavy (non-hydrogen) atoms. The highest BCUT2D eigenvalue weighted by Crippen LogP contribution is 2.54. The van der Waals surface area contributed by atoms with Crippen molar-refractivity contribution in [2.75, 3.05) is 18.5 Å². The second-order valence-electron chi connectivity index (χ2n) is 6.44. The normalized spacial score (nSPS) is 23.1. The van der Waals surface area contributed by atoms with Crippen LogP contribution in [0.15, 0.2) is 29.5 Å². The Morgan fingerprint density at radius 1 is 1.36 bits per heavy atom. The van der Waals surface area contributed by atoms with E-state index in [-0.39, 0.29) is 40.5 Å². The van der Waals surface area contributed by atoms with Gasteiger partial charge in [-0.2, -0.15) is 13.2 Å². The van der Waals surface area contributed by atoms with Crippen LogP contribution in [0.2, 0.25) is 5.02 Å². The summed E-state index contributed by atoms with van der Waals surface area (Å²) in [5.41, 5.74) is -2.26. The van der Waals surface area contributed by atoms with Crippen molar-refractivity contribution in [1.29, 1.82) is 0 Å². The average Bonchev–Trinajstić information content (AvgIpc) is 2.51. The van der Waals surface area contributed by atoms with Crippen LogP contribution in [-0.2, 0) is 14.9 Å². The predicted octanol–water partition coefficient (Wildman–Crippen LogP) is 3.76. The molecule has 0 aliphatic carbocycles. The minimum absolute atomic E-state index is 0.000772. The van der Waals surface area contributed by atoms with Crippen LogP contribution in [0.25, 0.3) is 0 Å². The summed E-state index contributed by atoms with van der Waals surface area (Å²) in [6.45, 7) is 2.89. The Labute approximate surface area is 148 Å². The van der Waals surface area contributed by atoms with Gasteiger partial charge >= 0.3 is 6.18 Å². The van der Waals surface area contributed by atoms with E-state index in [0.29, 0.717) is 0 Å². The Kier molecular flexibility index (Phi) is 4.49. The van der Waals surface area contributed by atoms with Gasteiger partial charge < -0.3 is 15.4 Å². The van der Waals surface area contributed by atoms with Crippen LogP contribution in [0.3, 0.4) is 0 Å². The van der Waals surface area contributed by atoms with E-state index in [4.69, 9.17) is 16.3 Å². The van der Waals surface area contributed by atoms with E-state index in [1.807, 2.05) is 0 Å². The highest BCUT2D eigenvalue weighted by molar-refractivity contribution is 6.30. The zero-order valence-corrected chi connectivity index (χ0v) is 14.5. The number of halogens is 4. The van der Waals surface area contributed by atoms with Crippen LogP contribution in [0.5, 0.6) is 0 Å². The molecule has 0 bridgehead atoms. The number of carbonyl (C=O) groups is 1. The Morgan fingerprint density at radius 2 is 2.08 bits per heavy atom. The number of amides is 1. The van der Waals surface area contributed by atoms with Crippen molar-refractivity contribution in [1.82, 2.24) is 5.32 Å². The lowest BCUT2D eigenvalue weighted by atomic mass is 9.68. The van der Waals surface area contributed by atoms with Gasteiger partial charge in [0.05, 0.1) is 12.7 Å². The number of fused-ring (bicyclic) bond motifs is 1. The van der Waals surface area contributed by atoms with Gasteiger partial charge in [-0.3, -0.25) is 4.79 Å². The van der Waals surface area contributed by atoms with Crippen LogP contribution in [0, 0.1) is 0 Å². The molecule has 2 aliphatic heterocycles. The van der Waals surface area contributed by atoms with Gasteiger partial charge in [-0.05, 0) is 49.6 Å². The van der Waals surface area contributed by atoms with Crippen molar-refractivity contribution < 1.29 is 22.7 Å². The highest BCUT2D eigenvalue weighted by atomic mass is 35.5. The first kappa shape index (κ1) is 18.1. The maximum atomic E-state index is 14.4. The number of alkyl halides is 3. The van der Waals surface area contributed by atoms with Gasteiger partial charge in [-0.25, -0.2) is 0 Å². The first-order valence-electron chi connectivity index (χ1n) is 7.94. The van der Waals surface area contributed by atoms with Gasteiger partial charge in [0.15, 0.2) is 0 Å². The lowest BCUT2D eigenvalue weighted by Gasteiger charge is -2.45. The molecule has 3 rings (SSSR count). The lowest BCUT2D eigenvalue weighted by Crippen LogP contribution is -2.54. The summed E-state index contributed by atoms with van der Waals surface area (Å²) in [6, 6.07) is 4.25. The van der Waals surface area contributed by atoms with Crippen molar-refractivity contribution in [3.63, 3.8) is 0 Å². The number of rotatable bonds is 3. The van der Waals surface area contributed by atoms with Crippen LogP contribution < -0.4 is 10.6 Å². The average molecular weight is 375 g/mol. The van der Waals surface area contributed by atoms with E-state index in [9.17, 15) is 18.0 Å². The molecule has 2 N–H and O–H groups in total. The number of hydrogen-bond donors (Lipinski definition) is 2. The predicted molar refractivity (Wildman–Crippen MR) is 88.5 cm³/mol. The standard InChI is InChI=1S/C17H18ClF3N2O2/c1-9(2)25-8-16(17(19,20)21)11-5-6-22-15(24)14(11)23-13-4-3-10(18)7-12(13)16/h3-4,7,9,23H,5-6,8H2,1-2H3,(H,22,24). The third kappa shape index (κ3) is 2.89. The highest BCUT2D eigenvalue weighted by Gasteiger charge is 2.62. The van der Waals surface area contributed by atoms with Gasteiger partial charge in [0.2, 0.25) is 0 Å². The molecule has 1 aromatic rings. The maximum absolute atomic E-state index is 14.4. The maximum Gasteiger partial charge on any atom is 0.404 e. The second kappa shape index (κ2) is 6.21. The number of carbonyl (C=O) groups excluding carboxylic acids is 1. The molecule has 1 atom stereocenters. The van der Waals surface area contributed by atoms with E-state index >= 15 is 0 Å². The molecule has 1 amide bonds. The molecule has 0 saturated carbocycles. The minimum atomic E-state index is -4.65. The fraction of sp³-hybridized carbons (Fsp3) is 0.471. The van der Waals surface area contributed by atoms with E-state index in [2.05, 4.69) is 10.6 Å². The molecule has 0 fully saturated rings. The molecule has 0 radical (unpaired) electrons. The van der Waals surface area contributed by atoms with E-state index in [0.717, 1.165) is 0 Å². The van der Waals surface area contributed by atoms with Crippen molar-refractivity contribution in [2.45, 2.75) is 38.0 Å². The topological polar surface area (TPSA) is 50.4 Å². The molecular weight excluding hydrogens is 357 g/mol. The fourth-order valence-electron chi connectivity index (χ4n) is 3.35. The smallest absolute Gasteiger partial charge is 0.377 e. The Balaban J connectivity index is 2.30. The van der Waals surface area contributed by atoms with Crippen LogP contribution in [-0.4, -0.2) is 31.3 Å². The minimum Gasteiger partial charge on any atom is -0.377 e. The molecule has 0 aromatic heterocycles. The number of benzene rings is 1. The SMILES string of the molecule is CC(C)OCC1(C(F)(F)F)C2=C(Nc3ccc(Cl)cc31)C(=O)NCC2. The quantitative estimate of drug-likeness (QED) is 0.847. The zero-order chi connectivity index (χ0) is 18.4. The monoisotopic (exact) mass is 374 g/mol. The van der Waals surface area contributed by atoms with Crippen molar-refractivity contribution in [2.24, 2.45) is 0 Å². The molecular formula is C17H18ClF3N2O2. The number of ether oxygens (including phenoxy) is 1. The van der Waals surface area contributed by atoms with Crippen molar-refractivity contribution >= 4 is 23.2 Å². The third-order valence-electron chi connectivity index (χ3n) is 4.52. The van der Waals surface area contributed by atoms with Gasteiger partial charge in [0.25, 0.3) is 5.91 Å². The number of anilines is 1.